The first-order chi connectivity index (χ1) is 12.8. The van der Waals surface area contributed by atoms with Gasteiger partial charge in [0.1, 0.15) is 0 Å². The van der Waals surface area contributed by atoms with E-state index in [0.29, 0.717) is 0 Å². The fourth-order valence-electron chi connectivity index (χ4n) is 4.07. The van der Waals surface area contributed by atoms with Gasteiger partial charge in [0.05, 0.1) is 0 Å². The molecule has 26 heavy (non-hydrogen) atoms. The molecule has 0 saturated carbocycles. The van der Waals surface area contributed by atoms with Crippen LogP contribution >= 0.6 is 0 Å². The second kappa shape index (κ2) is 5.75. The van der Waals surface area contributed by atoms with Crippen molar-refractivity contribution in [3.05, 3.63) is 103 Å². The fourth-order valence-corrected chi connectivity index (χ4v) is 7.76. The van der Waals surface area contributed by atoms with E-state index in [9.17, 15) is 0 Å². The van der Waals surface area contributed by atoms with E-state index in [2.05, 4.69) is 118 Å². The third-order valence-electron chi connectivity index (χ3n) is 5.46. The molecule has 5 aromatic rings. The Morgan fingerprint density at radius 2 is 1.00 bits per heavy atom. The Morgan fingerprint density at radius 3 is 1.54 bits per heavy atom. The first-order valence-corrected chi connectivity index (χ1v) is 11.4. The molecule has 5 rings (SSSR count). The maximum absolute atomic E-state index is 2.52. The second-order valence-corrected chi connectivity index (χ2v) is 10.5. The topological polar surface area (TPSA) is 9.86 Å². The van der Waals surface area contributed by atoms with Gasteiger partial charge in [-0.2, -0.15) is 0 Å². The smallest absolute Gasteiger partial charge is 0.302 e. The molecule has 0 aliphatic heterocycles. The van der Waals surface area contributed by atoms with Crippen molar-refractivity contribution in [3.63, 3.8) is 0 Å². The molecule has 0 aliphatic rings. The Kier molecular flexibility index (Phi) is 3.37. The average Bonchev–Trinajstić information content (AvgIpc) is 3.33. The molecule has 126 valence electrons. The molecule has 2 nitrogen and oxygen atoms in total. The van der Waals surface area contributed by atoms with E-state index in [1.54, 1.807) is 0 Å². The maximum atomic E-state index is 2.52. The molecule has 3 heteroatoms. The van der Waals surface area contributed by atoms with Gasteiger partial charge in [0.2, 0.25) is 0 Å². The van der Waals surface area contributed by atoms with Crippen LogP contribution in [0.1, 0.15) is 0 Å². The van der Waals surface area contributed by atoms with Crippen molar-refractivity contribution in [2.75, 3.05) is 0 Å². The van der Waals surface area contributed by atoms with Gasteiger partial charge in [0.25, 0.3) is 0 Å². The number of fused-ring (bicyclic) bond motifs is 2. The summed E-state index contributed by atoms with van der Waals surface area (Å²) < 4.78 is 5.04. The van der Waals surface area contributed by atoms with Crippen LogP contribution in [0.5, 0.6) is 0 Å². The first-order valence-electron chi connectivity index (χ1n) is 8.97. The Morgan fingerprint density at radius 1 is 0.538 bits per heavy atom. The molecule has 0 atom stereocenters. The highest BCUT2D eigenvalue weighted by atomic mass is 28.3. The molecular formula is C23H20N2Si. The van der Waals surface area contributed by atoms with Crippen molar-refractivity contribution in [2.45, 2.75) is 6.55 Å². The van der Waals surface area contributed by atoms with Crippen molar-refractivity contribution >= 4 is 35.4 Å². The van der Waals surface area contributed by atoms with Crippen molar-refractivity contribution < 1.29 is 0 Å². The summed E-state index contributed by atoms with van der Waals surface area (Å²) in [6.45, 7) is 2.43. The van der Waals surface area contributed by atoms with Crippen LogP contribution in [0.3, 0.4) is 0 Å². The summed E-state index contributed by atoms with van der Waals surface area (Å²) >= 11 is 0. The number of para-hydroxylation sites is 2. The largest absolute Gasteiger partial charge is 0.353 e. The number of nitrogens with zero attached hydrogens (tertiary/aromatic N) is 2. The Bertz CT molecular complexity index is 1130. The zero-order valence-corrected chi connectivity index (χ0v) is 15.7. The van der Waals surface area contributed by atoms with Crippen LogP contribution < -0.4 is 5.19 Å². The molecule has 2 aromatic heterocycles. The highest BCUT2D eigenvalue weighted by molar-refractivity contribution is 6.89. The van der Waals surface area contributed by atoms with Gasteiger partial charge in [-0.25, -0.2) is 0 Å². The van der Waals surface area contributed by atoms with E-state index in [1.807, 2.05) is 0 Å². The molecule has 0 fully saturated rings. The van der Waals surface area contributed by atoms with Gasteiger partial charge < -0.3 is 8.47 Å². The third-order valence-corrected chi connectivity index (χ3v) is 9.54. The number of hydrogen-bond donors (Lipinski definition) is 0. The SMILES string of the molecule is C[Si](c1ccccc1)(n1ccc2ccccc21)n1ccc2ccccc21. The second-order valence-electron chi connectivity index (χ2n) is 6.88. The van der Waals surface area contributed by atoms with Gasteiger partial charge in [0, 0.05) is 11.0 Å². The lowest BCUT2D eigenvalue weighted by Crippen LogP contribution is -2.58. The summed E-state index contributed by atoms with van der Waals surface area (Å²) in [5.74, 6) is 0. The summed E-state index contributed by atoms with van der Waals surface area (Å²) in [5, 5.41) is 3.97. The minimum atomic E-state index is -2.27. The molecule has 2 heterocycles. The van der Waals surface area contributed by atoms with Crippen LogP contribution in [0.4, 0.5) is 0 Å². The van der Waals surface area contributed by atoms with Crippen molar-refractivity contribution in [2.24, 2.45) is 0 Å². The standard InChI is InChI=1S/C23H20N2Si/c1-26(21-11-3-2-4-12-21,24-17-15-19-9-5-7-13-22(19)24)25-18-16-20-10-6-8-14-23(20)25/h2-18H,1H3. The van der Waals surface area contributed by atoms with E-state index < -0.39 is 8.40 Å². The molecular weight excluding hydrogens is 332 g/mol. The molecule has 0 aliphatic carbocycles. The number of hydrogen-bond acceptors (Lipinski definition) is 0. The predicted molar refractivity (Wildman–Crippen MR) is 112 cm³/mol. The van der Waals surface area contributed by atoms with Crippen LogP contribution in [0, 0.1) is 0 Å². The van der Waals surface area contributed by atoms with E-state index in [0.717, 1.165) is 0 Å². The summed E-state index contributed by atoms with van der Waals surface area (Å²) in [7, 11) is -2.27. The molecule has 0 bridgehead atoms. The van der Waals surface area contributed by atoms with Crippen molar-refractivity contribution in [1.82, 2.24) is 8.47 Å². The van der Waals surface area contributed by atoms with E-state index in [-0.39, 0.29) is 0 Å². The zero-order chi connectivity index (χ0) is 17.6. The van der Waals surface area contributed by atoms with E-state index in [4.69, 9.17) is 0 Å². The lowest BCUT2D eigenvalue weighted by Gasteiger charge is -2.32. The van der Waals surface area contributed by atoms with E-state index >= 15 is 0 Å². The van der Waals surface area contributed by atoms with Gasteiger partial charge in [-0.15, -0.1) is 0 Å². The summed E-state index contributed by atoms with van der Waals surface area (Å²) in [4.78, 5) is 0. The first kappa shape index (κ1) is 15.2. The molecule has 0 radical (unpaired) electrons. The third kappa shape index (κ3) is 2.11. The number of aromatic nitrogens is 2. The van der Waals surface area contributed by atoms with Gasteiger partial charge in [-0.3, -0.25) is 0 Å². The Labute approximate surface area is 154 Å². The van der Waals surface area contributed by atoms with Crippen LogP contribution in [0.15, 0.2) is 103 Å². The van der Waals surface area contributed by atoms with Crippen LogP contribution in [-0.2, 0) is 0 Å². The normalized spacial score (nSPS) is 12.0. The molecule has 0 N–H and O–H groups in total. The van der Waals surface area contributed by atoms with Gasteiger partial charge in [-0.05, 0) is 59.2 Å². The Hall–Kier alpha value is -3.04. The zero-order valence-electron chi connectivity index (χ0n) is 14.7. The Balaban J connectivity index is 1.88. The quantitative estimate of drug-likeness (QED) is 0.406. The number of rotatable bonds is 3. The highest BCUT2D eigenvalue weighted by Gasteiger charge is 2.36. The minimum Gasteiger partial charge on any atom is -0.353 e. The minimum absolute atomic E-state index is 1.29. The molecule has 0 amide bonds. The average molecular weight is 353 g/mol. The predicted octanol–water partition coefficient (Wildman–Crippen LogP) is 4.97. The lowest BCUT2D eigenvalue weighted by molar-refractivity contribution is 1.08. The molecule has 0 saturated heterocycles. The monoisotopic (exact) mass is 352 g/mol. The fraction of sp³-hybridized carbons (Fsp3) is 0.0435. The van der Waals surface area contributed by atoms with Crippen LogP contribution in [-0.4, -0.2) is 16.9 Å². The maximum Gasteiger partial charge on any atom is 0.302 e. The van der Waals surface area contributed by atoms with E-state index in [1.165, 1.54) is 27.0 Å². The molecule has 0 spiro atoms. The van der Waals surface area contributed by atoms with Crippen molar-refractivity contribution in [1.29, 1.82) is 0 Å². The summed E-state index contributed by atoms with van der Waals surface area (Å²) in [6.07, 6.45) is 4.53. The molecule has 0 unspecified atom stereocenters. The lowest BCUT2D eigenvalue weighted by atomic mass is 10.3. The van der Waals surface area contributed by atoms with Crippen molar-refractivity contribution in [3.8, 4) is 0 Å². The summed E-state index contributed by atoms with van der Waals surface area (Å²) in [5.41, 5.74) is 2.59. The van der Waals surface area contributed by atoms with Gasteiger partial charge in [-0.1, -0.05) is 66.7 Å². The van der Waals surface area contributed by atoms with Crippen LogP contribution in [0.2, 0.25) is 6.55 Å². The molecule has 3 aromatic carbocycles. The summed E-state index contributed by atoms with van der Waals surface area (Å²) in [6, 6.07) is 32.7. The number of benzene rings is 3. The van der Waals surface area contributed by atoms with Crippen LogP contribution in [0.25, 0.3) is 21.8 Å². The van der Waals surface area contributed by atoms with Gasteiger partial charge >= 0.3 is 8.40 Å². The van der Waals surface area contributed by atoms with Gasteiger partial charge in [0.15, 0.2) is 0 Å². The highest BCUT2D eigenvalue weighted by Crippen LogP contribution is 2.25.